The molecule has 2 rings (SSSR count). The van der Waals surface area contributed by atoms with Crippen molar-refractivity contribution in [3.05, 3.63) is 28.5 Å². The van der Waals surface area contributed by atoms with E-state index in [2.05, 4.69) is 25.7 Å². The van der Waals surface area contributed by atoms with E-state index in [1.165, 1.54) is 0 Å². The zero-order valence-electron chi connectivity index (χ0n) is 10.3. The lowest BCUT2D eigenvalue weighted by molar-refractivity contribution is -0.174. The summed E-state index contributed by atoms with van der Waals surface area (Å²) in [5, 5.41) is 0. The Morgan fingerprint density at radius 3 is 2.75 bits per heavy atom. The molecule has 0 unspecified atom stereocenters. The van der Waals surface area contributed by atoms with E-state index in [4.69, 9.17) is 11.6 Å². The van der Waals surface area contributed by atoms with E-state index in [0.717, 1.165) is 15.5 Å². The van der Waals surface area contributed by atoms with Crippen molar-refractivity contribution in [3.8, 4) is 0 Å². The van der Waals surface area contributed by atoms with E-state index in [-0.39, 0.29) is 19.0 Å². The number of hydrogen-bond acceptors (Lipinski definition) is 2. The van der Waals surface area contributed by atoms with Crippen LogP contribution in [0, 0.1) is 0 Å². The number of rotatable bonds is 5. The molecule has 1 aromatic carbocycles. The van der Waals surface area contributed by atoms with Crippen molar-refractivity contribution in [2.24, 2.45) is 0 Å². The predicted octanol–water partition coefficient (Wildman–Crippen LogP) is 4.12. The second kappa shape index (κ2) is 6.32. The van der Waals surface area contributed by atoms with E-state index >= 15 is 0 Å². The zero-order chi connectivity index (χ0) is 14.8. The molecule has 8 heteroatoms. The van der Waals surface area contributed by atoms with Crippen LogP contribution < -0.4 is 0 Å². The van der Waals surface area contributed by atoms with Gasteiger partial charge < -0.3 is 9.30 Å². The van der Waals surface area contributed by atoms with Gasteiger partial charge in [-0.15, -0.1) is 11.6 Å². The van der Waals surface area contributed by atoms with E-state index < -0.39 is 12.8 Å². The maximum absolute atomic E-state index is 12.0. The van der Waals surface area contributed by atoms with Gasteiger partial charge in [-0.25, -0.2) is 4.98 Å². The van der Waals surface area contributed by atoms with Crippen molar-refractivity contribution in [1.29, 1.82) is 0 Å². The number of aromatic nitrogens is 2. The Morgan fingerprint density at radius 2 is 2.10 bits per heavy atom. The van der Waals surface area contributed by atoms with Gasteiger partial charge in [0, 0.05) is 11.0 Å². The third-order valence-corrected chi connectivity index (χ3v) is 3.37. The lowest BCUT2D eigenvalue weighted by Gasteiger charge is -2.10. The van der Waals surface area contributed by atoms with Crippen molar-refractivity contribution in [1.82, 2.24) is 9.55 Å². The number of hydrogen-bond donors (Lipinski definition) is 0. The molecule has 0 amide bonds. The lowest BCUT2D eigenvalue weighted by Crippen LogP contribution is -2.19. The van der Waals surface area contributed by atoms with Gasteiger partial charge in [0.25, 0.3) is 0 Å². The van der Waals surface area contributed by atoms with Crippen LogP contribution >= 0.6 is 27.5 Å². The molecular weight excluding hydrogens is 360 g/mol. The van der Waals surface area contributed by atoms with Crippen molar-refractivity contribution in [2.75, 3.05) is 13.2 Å². The van der Waals surface area contributed by atoms with E-state index in [9.17, 15) is 13.2 Å². The van der Waals surface area contributed by atoms with Crippen LogP contribution in [0.1, 0.15) is 5.82 Å². The highest BCUT2D eigenvalue weighted by atomic mass is 79.9. The number of alkyl halides is 4. The van der Waals surface area contributed by atoms with Crippen LogP contribution in [0.3, 0.4) is 0 Å². The Bertz CT molecular complexity index is 600. The number of nitrogens with zero attached hydrogens (tertiary/aromatic N) is 2. The fraction of sp³-hybridized carbons (Fsp3) is 0.417. The molecule has 0 N–H and O–H groups in total. The summed E-state index contributed by atoms with van der Waals surface area (Å²) in [5.41, 5.74) is 1.56. The number of ether oxygens (including phenoxy) is 1. The predicted molar refractivity (Wildman–Crippen MR) is 73.9 cm³/mol. The lowest BCUT2D eigenvalue weighted by atomic mass is 10.3. The average Bonchev–Trinajstić information content (AvgIpc) is 2.71. The summed E-state index contributed by atoms with van der Waals surface area (Å²) in [7, 11) is 0. The van der Waals surface area contributed by atoms with Gasteiger partial charge >= 0.3 is 6.18 Å². The number of fused-ring (bicyclic) bond motifs is 1. The topological polar surface area (TPSA) is 27.1 Å². The highest BCUT2D eigenvalue weighted by molar-refractivity contribution is 9.10. The fourth-order valence-electron chi connectivity index (χ4n) is 1.84. The molecule has 2 aromatic rings. The fourth-order valence-corrected chi connectivity index (χ4v) is 2.39. The van der Waals surface area contributed by atoms with Gasteiger partial charge in [-0.2, -0.15) is 13.2 Å². The SMILES string of the molecule is FC(F)(F)COCCn1c(CCl)nc2ccc(Br)cc21. The standard InChI is InChI=1S/C12H11BrClF3N2O/c13-8-1-2-9-10(5-8)19(11(6-14)18-9)3-4-20-7-12(15,16)17/h1-2,5H,3-4,6-7H2. The van der Waals surface area contributed by atoms with E-state index in [1.54, 1.807) is 4.57 Å². The van der Waals surface area contributed by atoms with Crippen LogP contribution in [-0.2, 0) is 17.2 Å². The summed E-state index contributed by atoms with van der Waals surface area (Å²) >= 11 is 9.16. The molecule has 0 aliphatic carbocycles. The summed E-state index contributed by atoms with van der Waals surface area (Å²) in [6.45, 7) is -1.04. The molecule has 0 aliphatic rings. The number of halogens is 5. The van der Waals surface area contributed by atoms with E-state index in [0.29, 0.717) is 5.82 Å². The first kappa shape index (κ1) is 15.6. The molecule has 0 fully saturated rings. The number of imidazole rings is 1. The number of benzene rings is 1. The molecule has 0 bridgehead atoms. The largest absolute Gasteiger partial charge is 0.411 e. The molecule has 0 saturated heterocycles. The zero-order valence-corrected chi connectivity index (χ0v) is 12.6. The second-order valence-corrected chi connectivity index (χ2v) is 5.30. The van der Waals surface area contributed by atoms with Gasteiger partial charge in [0.1, 0.15) is 12.4 Å². The molecule has 20 heavy (non-hydrogen) atoms. The van der Waals surface area contributed by atoms with Crippen molar-refractivity contribution in [3.63, 3.8) is 0 Å². The summed E-state index contributed by atoms with van der Waals surface area (Å²) in [5.74, 6) is 0.793. The minimum Gasteiger partial charge on any atom is -0.370 e. The molecule has 3 nitrogen and oxygen atoms in total. The first-order valence-corrected chi connectivity index (χ1v) is 7.08. The Morgan fingerprint density at radius 1 is 1.35 bits per heavy atom. The Hall–Kier alpha value is -0.790. The van der Waals surface area contributed by atoms with Gasteiger partial charge in [-0.1, -0.05) is 15.9 Å². The molecule has 0 saturated carbocycles. The summed E-state index contributed by atoms with van der Waals surface area (Å²) < 4.78 is 43.3. The third kappa shape index (κ3) is 3.86. The smallest absolute Gasteiger partial charge is 0.370 e. The van der Waals surface area contributed by atoms with Crippen LogP contribution in [0.5, 0.6) is 0 Å². The molecule has 0 spiro atoms. The van der Waals surface area contributed by atoms with Crippen molar-refractivity contribution >= 4 is 38.6 Å². The Labute approximate surface area is 126 Å². The van der Waals surface area contributed by atoms with Crippen LogP contribution in [0.2, 0.25) is 0 Å². The van der Waals surface area contributed by atoms with Crippen LogP contribution in [-0.4, -0.2) is 28.9 Å². The minimum absolute atomic E-state index is 0.0542. The monoisotopic (exact) mass is 370 g/mol. The Balaban J connectivity index is 2.13. The minimum atomic E-state index is -4.31. The van der Waals surface area contributed by atoms with Crippen molar-refractivity contribution in [2.45, 2.75) is 18.6 Å². The van der Waals surface area contributed by atoms with Gasteiger partial charge in [0.15, 0.2) is 0 Å². The Kier molecular flexibility index (Phi) is 4.93. The molecular formula is C12H11BrClF3N2O. The van der Waals surface area contributed by atoms with Gasteiger partial charge in [-0.05, 0) is 18.2 Å². The molecule has 0 radical (unpaired) electrons. The quantitative estimate of drug-likeness (QED) is 0.584. The molecule has 1 heterocycles. The molecule has 0 atom stereocenters. The van der Waals surface area contributed by atoms with Crippen LogP contribution in [0.4, 0.5) is 13.2 Å². The van der Waals surface area contributed by atoms with Gasteiger partial charge in [-0.3, -0.25) is 0 Å². The summed E-state index contributed by atoms with van der Waals surface area (Å²) in [4.78, 5) is 4.33. The molecule has 1 aromatic heterocycles. The highest BCUT2D eigenvalue weighted by Gasteiger charge is 2.27. The van der Waals surface area contributed by atoms with Crippen LogP contribution in [0.25, 0.3) is 11.0 Å². The molecule has 0 aliphatic heterocycles. The highest BCUT2D eigenvalue weighted by Crippen LogP contribution is 2.22. The maximum Gasteiger partial charge on any atom is 0.411 e. The second-order valence-electron chi connectivity index (χ2n) is 4.11. The van der Waals surface area contributed by atoms with Gasteiger partial charge in [0.05, 0.1) is 23.5 Å². The maximum atomic E-state index is 12.0. The van der Waals surface area contributed by atoms with Crippen molar-refractivity contribution < 1.29 is 17.9 Å². The third-order valence-electron chi connectivity index (χ3n) is 2.63. The van der Waals surface area contributed by atoms with E-state index in [1.807, 2.05) is 18.2 Å². The first-order chi connectivity index (χ1) is 9.40. The normalized spacial score (nSPS) is 12.2. The average molecular weight is 372 g/mol. The molecule has 110 valence electrons. The first-order valence-electron chi connectivity index (χ1n) is 5.76. The summed E-state index contributed by atoms with van der Waals surface area (Å²) in [6, 6.07) is 5.52. The summed E-state index contributed by atoms with van der Waals surface area (Å²) in [6.07, 6.45) is -4.31. The van der Waals surface area contributed by atoms with Gasteiger partial charge in [0.2, 0.25) is 0 Å². The van der Waals surface area contributed by atoms with Crippen LogP contribution in [0.15, 0.2) is 22.7 Å².